The zero-order chi connectivity index (χ0) is 16.0. The maximum atomic E-state index is 12.9. The second-order valence-electron chi connectivity index (χ2n) is 5.43. The monoisotopic (exact) mass is 377 g/mol. The minimum atomic E-state index is -3.22. The number of nitrogens with one attached hydrogen (secondary N) is 1. The molecule has 0 saturated heterocycles. The second kappa shape index (κ2) is 13.9. The highest BCUT2D eigenvalue weighted by atomic mass is 31.2. The number of carbonyl (C=O) groups is 1. The molecule has 0 amide bonds. The molecule has 5 nitrogen and oxygen atoms in total. The van der Waals surface area contributed by atoms with Crippen LogP contribution >= 0.6 is 7.52 Å². The first-order chi connectivity index (χ1) is 9.74. The lowest BCUT2D eigenvalue weighted by molar-refractivity contribution is -0.149. The first-order valence-electron chi connectivity index (χ1n) is 7.07. The molecule has 0 aliphatic carbocycles. The topological polar surface area (TPSA) is 64.6 Å². The number of benzene rings is 1. The van der Waals surface area contributed by atoms with Gasteiger partial charge < -0.3 is 9.26 Å². The summed E-state index contributed by atoms with van der Waals surface area (Å²) >= 11 is 0. The van der Waals surface area contributed by atoms with E-state index in [-0.39, 0.29) is 41.5 Å². The van der Waals surface area contributed by atoms with Crippen LogP contribution in [0.3, 0.4) is 0 Å². The average molecular weight is 378 g/mol. The average Bonchev–Trinajstić information content (AvgIpc) is 2.38. The summed E-state index contributed by atoms with van der Waals surface area (Å²) in [5, 5.41) is 2.81. The predicted octanol–water partition coefficient (Wildman–Crippen LogP) is 6.14. The molecule has 0 bridgehead atoms. The summed E-state index contributed by atoms with van der Waals surface area (Å²) in [6.45, 7) is 8.74. The van der Waals surface area contributed by atoms with Crippen molar-refractivity contribution < 1.29 is 18.6 Å². The zero-order valence-corrected chi connectivity index (χ0v) is 14.1. The van der Waals surface area contributed by atoms with Gasteiger partial charge in [-0.1, -0.05) is 61.8 Å². The smallest absolute Gasteiger partial charge is 0.323 e. The van der Waals surface area contributed by atoms with E-state index in [1.165, 1.54) is 0 Å². The van der Waals surface area contributed by atoms with Crippen molar-refractivity contribution in [2.45, 2.75) is 82.1 Å². The van der Waals surface area contributed by atoms with E-state index in [9.17, 15) is 9.36 Å². The Kier molecular flexibility index (Phi) is 17.5. The van der Waals surface area contributed by atoms with Gasteiger partial charge in [-0.2, -0.15) is 0 Å². The lowest BCUT2D eigenvalue weighted by Crippen LogP contribution is -2.37. The van der Waals surface area contributed by atoms with Crippen LogP contribution in [0.1, 0.15) is 64.3 Å². The van der Waals surface area contributed by atoms with Crippen molar-refractivity contribution in [3.8, 4) is 5.75 Å². The Labute approximate surface area is 156 Å². The lowest BCUT2D eigenvalue weighted by Gasteiger charge is -2.26. The van der Waals surface area contributed by atoms with E-state index in [0.717, 1.165) is 0 Å². The van der Waals surface area contributed by atoms with Gasteiger partial charge in [0.05, 0.1) is 11.8 Å². The molecule has 1 rings (SSSR count). The third-order valence-corrected chi connectivity index (χ3v) is 5.33. The van der Waals surface area contributed by atoms with Gasteiger partial charge >= 0.3 is 13.5 Å². The highest BCUT2D eigenvalue weighted by molar-refractivity contribution is 7.58. The van der Waals surface area contributed by atoms with Gasteiger partial charge in [0.25, 0.3) is 0 Å². The molecule has 1 N–H and O–H groups in total. The fourth-order valence-corrected chi connectivity index (χ4v) is 3.22. The maximum Gasteiger partial charge on any atom is 0.323 e. The Hall–Kier alpha value is -1.32. The fraction of sp³-hybridized carbons (Fsp3) is 0.632. The van der Waals surface area contributed by atoms with E-state index in [1.807, 2.05) is 6.07 Å². The minimum absolute atomic E-state index is 0. The van der Waals surface area contributed by atoms with Gasteiger partial charge in [0.15, 0.2) is 0 Å². The summed E-state index contributed by atoms with van der Waals surface area (Å²) in [5.74, 6) is 0.0639. The molecule has 150 valence electrons. The van der Waals surface area contributed by atoms with Crippen molar-refractivity contribution >= 4 is 13.5 Å². The van der Waals surface area contributed by atoms with Crippen LogP contribution in [-0.2, 0) is 14.1 Å². The first kappa shape index (κ1) is 31.4. The number of para-hydroxylation sites is 1. The van der Waals surface area contributed by atoms with E-state index in [4.69, 9.17) is 9.26 Å². The third kappa shape index (κ3) is 10.3. The number of carbonyl (C=O) groups excluding carboxylic acids is 1. The third-order valence-electron chi connectivity index (χ3n) is 2.74. The largest absolute Gasteiger partial charge is 0.462 e. The van der Waals surface area contributed by atoms with Gasteiger partial charge in [0.1, 0.15) is 11.8 Å². The molecule has 6 heteroatoms. The molecule has 1 aromatic carbocycles. The molecule has 0 unspecified atom stereocenters. The first-order valence-corrected chi connectivity index (χ1v) is 8.76. The zero-order valence-electron chi connectivity index (χ0n) is 13.2. The van der Waals surface area contributed by atoms with Crippen LogP contribution in [0.15, 0.2) is 30.3 Å². The van der Waals surface area contributed by atoms with Gasteiger partial charge in [0.2, 0.25) is 0 Å². The van der Waals surface area contributed by atoms with Crippen LogP contribution in [0.2, 0.25) is 0 Å². The van der Waals surface area contributed by atoms with Crippen LogP contribution in [0, 0.1) is 0 Å². The van der Waals surface area contributed by atoms with Crippen molar-refractivity contribution in [1.29, 1.82) is 0 Å². The molecule has 0 fully saturated rings. The Balaban J connectivity index is -0.000000551. The summed E-state index contributed by atoms with van der Waals surface area (Å²) in [4.78, 5) is 11.8. The van der Waals surface area contributed by atoms with Gasteiger partial charge in [-0.05, 0) is 32.9 Å². The van der Waals surface area contributed by atoms with Crippen LogP contribution in [0.25, 0.3) is 0 Å². The summed E-state index contributed by atoms with van der Waals surface area (Å²) in [6, 6.07) is 8.21. The highest BCUT2D eigenvalue weighted by Crippen LogP contribution is 2.48. The Bertz CT molecular complexity index is 503. The molecule has 0 heterocycles. The molecule has 0 spiro atoms. The predicted molar refractivity (Wildman–Crippen MR) is 111 cm³/mol. The van der Waals surface area contributed by atoms with Crippen molar-refractivity contribution in [3.63, 3.8) is 0 Å². The van der Waals surface area contributed by atoms with E-state index in [0.29, 0.717) is 5.75 Å². The van der Waals surface area contributed by atoms with E-state index >= 15 is 0 Å². The van der Waals surface area contributed by atoms with Crippen molar-refractivity contribution in [2.75, 3.05) is 0 Å². The molecule has 0 aliphatic rings. The number of esters is 1. The van der Waals surface area contributed by atoms with Crippen LogP contribution < -0.4 is 9.61 Å². The van der Waals surface area contributed by atoms with E-state index < -0.39 is 19.5 Å². The molecule has 0 radical (unpaired) electrons. The van der Waals surface area contributed by atoms with Gasteiger partial charge in [-0.15, -0.1) is 0 Å². The molecule has 0 saturated carbocycles. The highest BCUT2D eigenvalue weighted by Gasteiger charge is 2.33. The van der Waals surface area contributed by atoms with Gasteiger partial charge in [-0.25, -0.2) is 5.09 Å². The van der Waals surface area contributed by atoms with Crippen molar-refractivity contribution in [2.24, 2.45) is 0 Å². The summed E-state index contributed by atoms with van der Waals surface area (Å²) < 4.78 is 23.7. The number of hydrogen-bond acceptors (Lipinski definition) is 4. The Morgan fingerprint density at radius 1 is 0.960 bits per heavy atom. The SMILES string of the molecule is C.C.C.C.CC(C)OC(=O)[C@H](C)N[P@](=O)(Oc1ccccc1)C(C)C. The van der Waals surface area contributed by atoms with Crippen LogP contribution in [0.4, 0.5) is 0 Å². The van der Waals surface area contributed by atoms with Crippen molar-refractivity contribution in [1.82, 2.24) is 5.09 Å². The summed E-state index contributed by atoms with van der Waals surface area (Å²) in [7, 11) is -3.22. The molecule has 0 aliphatic heterocycles. The number of ether oxygens (including phenoxy) is 1. The summed E-state index contributed by atoms with van der Waals surface area (Å²) in [6.07, 6.45) is -0.213. The standard InChI is InChI=1S/C15H24NO4P.4CH4/c1-11(2)19-15(17)13(5)16-21(18,12(3)4)20-14-9-7-6-8-10-14;;;;/h6-13H,1-5H3,(H,16,18);4*1H4/t13-,21+;;;;/m0..../s1. The maximum absolute atomic E-state index is 12.9. The molecule has 0 aromatic heterocycles. The number of rotatable bonds is 7. The van der Waals surface area contributed by atoms with Gasteiger partial charge in [-0.3, -0.25) is 9.36 Å². The quantitative estimate of drug-likeness (QED) is 0.456. The molecular weight excluding hydrogens is 337 g/mol. The minimum Gasteiger partial charge on any atom is -0.462 e. The van der Waals surface area contributed by atoms with Crippen molar-refractivity contribution in [3.05, 3.63) is 30.3 Å². The van der Waals surface area contributed by atoms with E-state index in [2.05, 4.69) is 5.09 Å². The molecule has 2 atom stereocenters. The van der Waals surface area contributed by atoms with Crippen LogP contribution in [0.5, 0.6) is 5.75 Å². The van der Waals surface area contributed by atoms with Crippen LogP contribution in [-0.4, -0.2) is 23.8 Å². The Morgan fingerprint density at radius 3 is 1.84 bits per heavy atom. The molecular formula is C19H40NO4P. The Morgan fingerprint density at radius 2 is 1.44 bits per heavy atom. The molecule has 25 heavy (non-hydrogen) atoms. The summed E-state index contributed by atoms with van der Waals surface area (Å²) in [5.41, 5.74) is -0.271. The van der Waals surface area contributed by atoms with Gasteiger partial charge in [0, 0.05) is 0 Å². The van der Waals surface area contributed by atoms with E-state index in [1.54, 1.807) is 58.9 Å². The molecule has 1 aromatic rings. The lowest BCUT2D eigenvalue weighted by atomic mass is 10.3. The second-order valence-corrected chi connectivity index (χ2v) is 8.10. The fourth-order valence-electron chi connectivity index (χ4n) is 1.58. The number of hydrogen-bond donors (Lipinski definition) is 1. The normalized spacial score (nSPS) is 13.1.